The standard InChI is InChI=1S/C28H33FN2O4/c1-34-27(22-12-14-24(29)15-13-22)19-23(28(32)31-33)7-5-6-18-30-20-21-10-16-26(17-11-21)35-25-8-3-2-4-9-25/h2-4,8-17,23,27,30,33H,5-7,18-20H2,1H3,(H,31,32)/t23-,27+/m0/s1. The molecule has 0 saturated heterocycles. The number of nitrogens with one attached hydrogen (secondary N) is 2. The molecule has 35 heavy (non-hydrogen) atoms. The van der Waals surface area contributed by atoms with Gasteiger partial charge in [-0.05, 0) is 73.3 Å². The van der Waals surface area contributed by atoms with Gasteiger partial charge in [0.15, 0.2) is 0 Å². The van der Waals surface area contributed by atoms with E-state index in [1.54, 1.807) is 24.7 Å². The number of halogens is 1. The number of benzene rings is 3. The van der Waals surface area contributed by atoms with Gasteiger partial charge >= 0.3 is 0 Å². The van der Waals surface area contributed by atoms with Crippen LogP contribution in [-0.4, -0.2) is 24.8 Å². The predicted molar refractivity (Wildman–Crippen MR) is 133 cm³/mol. The second kappa shape index (κ2) is 14.2. The van der Waals surface area contributed by atoms with Gasteiger partial charge in [-0.15, -0.1) is 0 Å². The minimum Gasteiger partial charge on any atom is -0.457 e. The minimum absolute atomic E-state index is 0.322. The Balaban J connectivity index is 1.39. The normalized spacial score (nSPS) is 12.7. The molecular weight excluding hydrogens is 447 g/mol. The highest BCUT2D eigenvalue weighted by molar-refractivity contribution is 5.77. The third kappa shape index (κ3) is 8.79. The summed E-state index contributed by atoms with van der Waals surface area (Å²) >= 11 is 0. The molecule has 0 heterocycles. The SMILES string of the molecule is CO[C@H](C[C@H](CCCCNCc1ccc(Oc2ccccc2)cc1)C(=O)NO)c1ccc(F)cc1. The van der Waals surface area contributed by atoms with Crippen LogP contribution < -0.4 is 15.5 Å². The smallest absolute Gasteiger partial charge is 0.246 e. The highest BCUT2D eigenvalue weighted by atomic mass is 19.1. The molecule has 3 rings (SSSR count). The highest BCUT2D eigenvalue weighted by Crippen LogP contribution is 2.28. The number of hydrogen-bond donors (Lipinski definition) is 3. The Morgan fingerprint density at radius 2 is 1.63 bits per heavy atom. The second-order valence-electron chi connectivity index (χ2n) is 8.42. The molecule has 0 aliphatic heterocycles. The number of carbonyl (C=O) groups is 1. The molecule has 0 aromatic heterocycles. The average Bonchev–Trinajstić information content (AvgIpc) is 2.89. The maximum Gasteiger partial charge on any atom is 0.246 e. The maximum absolute atomic E-state index is 13.2. The van der Waals surface area contributed by atoms with Gasteiger partial charge in [0.25, 0.3) is 0 Å². The lowest BCUT2D eigenvalue weighted by Crippen LogP contribution is -2.29. The molecule has 6 nitrogen and oxygen atoms in total. The second-order valence-corrected chi connectivity index (χ2v) is 8.42. The zero-order valence-corrected chi connectivity index (χ0v) is 20.0. The molecule has 3 N–H and O–H groups in total. The van der Waals surface area contributed by atoms with Gasteiger partial charge in [0.05, 0.1) is 6.10 Å². The van der Waals surface area contributed by atoms with Crippen molar-refractivity contribution >= 4 is 5.91 Å². The highest BCUT2D eigenvalue weighted by Gasteiger charge is 2.23. The molecule has 7 heteroatoms. The average molecular weight is 481 g/mol. The molecule has 186 valence electrons. The van der Waals surface area contributed by atoms with Gasteiger partial charge in [0.2, 0.25) is 5.91 Å². The maximum atomic E-state index is 13.2. The number of hydroxylamine groups is 1. The number of rotatable bonds is 14. The molecular formula is C28H33FN2O4. The van der Waals surface area contributed by atoms with E-state index in [1.165, 1.54) is 12.1 Å². The molecule has 0 saturated carbocycles. The first-order valence-electron chi connectivity index (χ1n) is 11.8. The summed E-state index contributed by atoms with van der Waals surface area (Å²) in [5, 5.41) is 12.6. The van der Waals surface area contributed by atoms with Crippen molar-refractivity contribution in [1.82, 2.24) is 10.8 Å². The summed E-state index contributed by atoms with van der Waals surface area (Å²) in [6.45, 7) is 1.55. The summed E-state index contributed by atoms with van der Waals surface area (Å²) in [7, 11) is 1.56. The molecule has 3 aromatic rings. The molecule has 1 amide bonds. The Morgan fingerprint density at radius 1 is 0.943 bits per heavy atom. The van der Waals surface area contributed by atoms with Crippen LogP contribution in [0, 0.1) is 11.7 Å². The summed E-state index contributed by atoms with van der Waals surface area (Å²) in [5.41, 5.74) is 3.72. The first-order chi connectivity index (χ1) is 17.1. The Hall–Kier alpha value is -3.26. The van der Waals surface area contributed by atoms with E-state index in [2.05, 4.69) is 5.32 Å². The van der Waals surface area contributed by atoms with Crippen LogP contribution in [0.2, 0.25) is 0 Å². The van der Waals surface area contributed by atoms with Gasteiger partial charge in [0, 0.05) is 19.6 Å². The fraction of sp³-hybridized carbons (Fsp3) is 0.321. The zero-order valence-electron chi connectivity index (χ0n) is 20.0. The molecule has 0 aliphatic rings. The van der Waals surface area contributed by atoms with Crippen LogP contribution in [0.15, 0.2) is 78.9 Å². The summed E-state index contributed by atoms with van der Waals surface area (Å²) < 4.78 is 24.6. The third-order valence-electron chi connectivity index (χ3n) is 5.89. The zero-order chi connectivity index (χ0) is 24.9. The van der Waals surface area contributed by atoms with Crippen LogP contribution in [0.25, 0.3) is 0 Å². The Kier molecular flexibility index (Phi) is 10.7. The van der Waals surface area contributed by atoms with Gasteiger partial charge in [-0.1, -0.05) is 48.9 Å². The predicted octanol–water partition coefficient (Wildman–Crippen LogP) is 5.78. The minimum atomic E-state index is -0.431. The van der Waals surface area contributed by atoms with E-state index in [9.17, 15) is 9.18 Å². The molecule has 0 radical (unpaired) electrons. The number of carbonyl (C=O) groups excluding carboxylic acids is 1. The fourth-order valence-electron chi connectivity index (χ4n) is 3.92. The van der Waals surface area contributed by atoms with Crippen LogP contribution >= 0.6 is 0 Å². The van der Waals surface area contributed by atoms with Gasteiger partial charge in [-0.25, -0.2) is 9.87 Å². The van der Waals surface area contributed by atoms with E-state index in [0.29, 0.717) is 12.8 Å². The lowest BCUT2D eigenvalue weighted by atomic mass is 9.91. The van der Waals surface area contributed by atoms with Crippen LogP contribution in [0.4, 0.5) is 4.39 Å². The first kappa shape index (κ1) is 26.3. The van der Waals surface area contributed by atoms with Gasteiger partial charge in [0.1, 0.15) is 17.3 Å². The summed E-state index contributed by atoms with van der Waals surface area (Å²) in [6.07, 6.45) is 2.36. The molecule has 0 aliphatic carbocycles. The summed E-state index contributed by atoms with van der Waals surface area (Å²) in [5.74, 6) is 0.438. The molecule has 0 fully saturated rings. The van der Waals surface area contributed by atoms with Crippen LogP contribution in [-0.2, 0) is 16.1 Å². The lowest BCUT2D eigenvalue weighted by Gasteiger charge is -2.22. The van der Waals surface area contributed by atoms with E-state index in [-0.39, 0.29) is 11.9 Å². The fourth-order valence-corrected chi connectivity index (χ4v) is 3.92. The Labute approximate surface area is 206 Å². The molecule has 0 bridgehead atoms. The first-order valence-corrected chi connectivity index (χ1v) is 11.8. The van der Waals surface area contributed by atoms with Crippen molar-refractivity contribution in [1.29, 1.82) is 0 Å². The molecule has 0 spiro atoms. The molecule has 0 unspecified atom stereocenters. The molecule has 2 atom stereocenters. The van der Waals surface area contributed by atoms with Crippen molar-refractivity contribution in [3.63, 3.8) is 0 Å². The lowest BCUT2D eigenvalue weighted by molar-refractivity contribution is -0.135. The van der Waals surface area contributed by atoms with Crippen molar-refractivity contribution < 1.29 is 23.9 Å². The van der Waals surface area contributed by atoms with Gasteiger partial charge in [-0.3, -0.25) is 10.0 Å². The van der Waals surface area contributed by atoms with E-state index < -0.39 is 11.8 Å². The number of ether oxygens (including phenoxy) is 2. The third-order valence-corrected chi connectivity index (χ3v) is 5.89. The molecule has 3 aromatic carbocycles. The van der Waals surface area contributed by atoms with Crippen LogP contribution in [0.5, 0.6) is 11.5 Å². The van der Waals surface area contributed by atoms with Crippen molar-refractivity contribution in [2.75, 3.05) is 13.7 Å². The van der Waals surface area contributed by atoms with Crippen molar-refractivity contribution in [2.24, 2.45) is 5.92 Å². The van der Waals surface area contributed by atoms with Crippen LogP contribution in [0.1, 0.15) is 42.9 Å². The number of para-hydroxylation sites is 1. The Morgan fingerprint density at radius 3 is 2.29 bits per heavy atom. The van der Waals surface area contributed by atoms with Crippen molar-refractivity contribution in [3.05, 3.63) is 95.8 Å². The van der Waals surface area contributed by atoms with Gasteiger partial charge < -0.3 is 14.8 Å². The number of methoxy groups -OCH3 is 1. The van der Waals surface area contributed by atoms with Crippen molar-refractivity contribution in [3.8, 4) is 11.5 Å². The largest absolute Gasteiger partial charge is 0.457 e. The van der Waals surface area contributed by atoms with E-state index in [1.807, 2.05) is 54.6 Å². The van der Waals surface area contributed by atoms with Crippen LogP contribution in [0.3, 0.4) is 0 Å². The Bertz CT molecular complexity index is 1010. The van der Waals surface area contributed by atoms with E-state index >= 15 is 0 Å². The number of amides is 1. The topological polar surface area (TPSA) is 79.8 Å². The van der Waals surface area contributed by atoms with E-state index in [4.69, 9.17) is 14.7 Å². The monoisotopic (exact) mass is 480 g/mol. The van der Waals surface area contributed by atoms with E-state index in [0.717, 1.165) is 48.6 Å². The summed E-state index contributed by atoms with van der Waals surface area (Å²) in [6, 6.07) is 23.7. The quantitative estimate of drug-likeness (QED) is 0.155. The number of unbranched alkanes of at least 4 members (excludes halogenated alkanes) is 1. The van der Waals surface area contributed by atoms with Crippen molar-refractivity contribution in [2.45, 2.75) is 38.3 Å². The van der Waals surface area contributed by atoms with Gasteiger partial charge in [-0.2, -0.15) is 0 Å². The number of hydrogen-bond acceptors (Lipinski definition) is 5. The summed E-state index contributed by atoms with van der Waals surface area (Å²) in [4.78, 5) is 12.2.